The molecule has 0 aliphatic heterocycles. The van der Waals surface area contributed by atoms with Crippen molar-refractivity contribution in [3.8, 4) is 0 Å². The predicted octanol–water partition coefficient (Wildman–Crippen LogP) is -0.321. The van der Waals surface area contributed by atoms with Crippen LogP contribution in [0.3, 0.4) is 0 Å². The Morgan fingerprint density at radius 1 is 1.22 bits per heavy atom. The highest BCUT2D eigenvalue weighted by Crippen LogP contribution is 1.94. The zero-order valence-electron chi connectivity index (χ0n) is 11.6. The highest BCUT2D eigenvalue weighted by Gasteiger charge is 2.12. The molecule has 0 aliphatic rings. The Morgan fingerprint density at radius 3 is 2.44 bits per heavy atom. The molecule has 0 fully saturated rings. The van der Waals surface area contributed by atoms with Crippen LogP contribution in [-0.4, -0.2) is 68.6 Å². The molecule has 1 amide bonds. The lowest BCUT2D eigenvalue weighted by Gasteiger charge is -2.21. The molecule has 18 heavy (non-hydrogen) atoms. The van der Waals surface area contributed by atoms with E-state index in [0.29, 0.717) is 39.2 Å². The molecule has 2 N–H and O–H groups in total. The van der Waals surface area contributed by atoms with Gasteiger partial charge in [-0.05, 0) is 26.9 Å². The van der Waals surface area contributed by atoms with E-state index in [1.165, 1.54) is 0 Å². The van der Waals surface area contributed by atoms with Gasteiger partial charge in [-0.25, -0.2) is 0 Å². The molecule has 0 radical (unpaired) electrons. The van der Waals surface area contributed by atoms with Gasteiger partial charge in [0.15, 0.2) is 0 Å². The van der Waals surface area contributed by atoms with Crippen molar-refractivity contribution >= 4 is 11.9 Å². The fourth-order valence-corrected chi connectivity index (χ4v) is 1.40. The molecule has 0 aromatic carbocycles. The van der Waals surface area contributed by atoms with Crippen molar-refractivity contribution in [2.45, 2.75) is 19.8 Å². The quantitative estimate of drug-likeness (QED) is 0.574. The second-order valence-corrected chi connectivity index (χ2v) is 4.25. The molecular formula is C12H25N3O3. The Hall–Kier alpha value is -1.14. The van der Waals surface area contributed by atoms with E-state index in [0.717, 1.165) is 6.42 Å². The fourth-order valence-electron chi connectivity index (χ4n) is 1.40. The van der Waals surface area contributed by atoms with Crippen LogP contribution in [0.2, 0.25) is 0 Å². The molecule has 6 nitrogen and oxygen atoms in total. The van der Waals surface area contributed by atoms with E-state index in [9.17, 15) is 9.59 Å². The van der Waals surface area contributed by atoms with E-state index in [1.54, 1.807) is 18.9 Å². The van der Waals surface area contributed by atoms with Crippen LogP contribution >= 0.6 is 0 Å². The monoisotopic (exact) mass is 259 g/mol. The predicted molar refractivity (Wildman–Crippen MR) is 70.1 cm³/mol. The van der Waals surface area contributed by atoms with Crippen LogP contribution in [0.4, 0.5) is 0 Å². The van der Waals surface area contributed by atoms with Gasteiger partial charge in [-0.1, -0.05) is 0 Å². The van der Waals surface area contributed by atoms with Gasteiger partial charge in [0.2, 0.25) is 5.91 Å². The summed E-state index contributed by atoms with van der Waals surface area (Å²) in [6.07, 6.45) is 1.11. The number of likely N-dealkylation sites (N-methyl/N-ethyl adjacent to an activating group) is 2. The van der Waals surface area contributed by atoms with E-state index in [1.807, 2.05) is 11.9 Å². The van der Waals surface area contributed by atoms with Crippen LogP contribution in [0.25, 0.3) is 0 Å². The molecule has 0 aromatic rings. The van der Waals surface area contributed by atoms with Crippen molar-refractivity contribution in [1.82, 2.24) is 9.80 Å². The van der Waals surface area contributed by atoms with Crippen LogP contribution in [0, 0.1) is 0 Å². The molecule has 6 heteroatoms. The van der Waals surface area contributed by atoms with Crippen LogP contribution in [0.1, 0.15) is 19.8 Å². The lowest BCUT2D eigenvalue weighted by molar-refractivity contribution is -0.143. The zero-order valence-corrected chi connectivity index (χ0v) is 11.6. The van der Waals surface area contributed by atoms with E-state index < -0.39 is 0 Å². The molecule has 0 saturated carbocycles. The topological polar surface area (TPSA) is 75.9 Å². The van der Waals surface area contributed by atoms with Gasteiger partial charge in [-0.15, -0.1) is 0 Å². The Morgan fingerprint density at radius 2 is 1.89 bits per heavy atom. The molecule has 0 rings (SSSR count). The van der Waals surface area contributed by atoms with Gasteiger partial charge < -0.3 is 15.4 Å². The maximum absolute atomic E-state index is 11.8. The normalized spacial score (nSPS) is 10.5. The van der Waals surface area contributed by atoms with Crippen LogP contribution in [-0.2, 0) is 14.3 Å². The zero-order chi connectivity index (χ0) is 14.0. The highest BCUT2D eigenvalue weighted by molar-refractivity contribution is 5.78. The van der Waals surface area contributed by atoms with Gasteiger partial charge in [-0.3, -0.25) is 14.5 Å². The number of carbonyl (C=O) groups excluding carboxylic acids is 2. The second kappa shape index (κ2) is 9.85. The first-order chi connectivity index (χ1) is 8.51. The Labute approximate surface area is 109 Å². The van der Waals surface area contributed by atoms with Crippen molar-refractivity contribution in [3.63, 3.8) is 0 Å². The lowest BCUT2D eigenvalue weighted by atomic mass is 10.3. The number of nitrogens with zero attached hydrogens (tertiary/aromatic N) is 2. The van der Waals surface area contributed by atoms with Gasteiger partial charge in [0.1, 0.15) is 0 Å². The van der Waals surface area contributed by atoms with Crippen molar-refractivity contribution in [2.24, 2.45) is 5.73 Å². The number of nitrogens with two attached hydrogens (primary N) is 1. The molecule has 0 aliphatic carbocycles. The van der Waals surface area contributed by atoms with Crippen molar-refractivity contribution in [2.75, 3.05) is 46.9 Å². The summed E-state index contributed by atoms with van der Waals surface area (Å²) in [5, 5.41) is 0. The second-order valence-electron chi connectivity index (χ2n) is 4.25. The largest absolute Gasteiger partial charge is 0.466 e. The molecular weight excluding hydrogens is 234 g/mol. The summed E-state index contributed by atoms with van der Waals surface area (Å²) >= 11 is 0. The number of ether oxygens (including phenoxy) is 1. The van der Waals surface area contributed by atoms with Gasteiger partial charge in [-0.2, -0.15) is 0 Å². The maximum atomic E-state index is 11.8. The van der Waals surface area contributed by atoms with Crippen molar-refractivity contribution < 1.29 is 14.3 Å². The van der Waals surface area contributed by atoms with Gasteiger partial charge >= 0.3 is 5.97 Å². The number of hydrogen-bond donors (Lipinski definition) is 1. The average molecular weight is 259 g/mol. The fraction of sp³-hybridized carbons (Fsp3) is 0.833. The first-order valence-corrected chi connectivity index (χ1v) is 6.29. The molecule has 0 atom stereocenters. The average Bonchev–Trinajstić information content (AvgIpc) is 2.33. The molecule has 106 valence electrons. The standard InChI is InChI=1S/C12H25N3O3/c1-4-18-12(17)6-9-14(2)10-11(16)15(3)8-5-7-13/h4-10,13H2,1-3H3. The molecule has 0 unspecified atom stereocenters. The lowest BCUT2D eigenvalue weighted by Crippen LogP contribution is -2.38. The minimum atomic E-state index is -0.228. The number of amides is 1. The number of rotatable bonds is 9. The van der Waals surface area contributed by atoms with Gasteiger partial charge in [0, 0.05) is 20.1 Å². The maximum Gasteiger partial charge on any atom is 0.307 e. The van der Waals surface area contributed by atoms with Crippen LogP contribution < -0.4 is 5.73 Å². The van der Waals surface area contributed by atoms with Gasteiger partial charge in [0.05, 0.1) is 19.6 Å². The minimum absolute atomic E-state index is 0.0369. The van der Waals surface area contributed by atoms with Gasteiger partial charge in [0.25, 0.3) is 0 Å². The van der Waals surface area contributed by atoms with E-state index in [-0.39, 0.29) is 11.9 Å². The third-order valence-corrected chi connectivity index (χ3v) is 2.53. The highest BCUT2D eigenvalue weighted by atomic mass is 16.5. The van der Waals surface area contributed by atoms with E-state index in [4.69, 9.17) is 10.5 Å². The summed E-state index contributed by atoms with van der Waals surface area (Å²) in [5.74, 6) is -0.192. The first kappa shape index (κ1) is 16.9. The summed E-state index contributed by atoms with van der Waals surface area (Å²) < 4.78 is 4.82. The Balaban J connectivity index is 3.82. The van der Waals surface area contributed by atoms with Crippen molar-refractivity contribution in [3.05, 3.63) is 0 Å². The summed E-state index contributed by atoms with van der Waals surface area (Å²) in [6, 6.07) is 0. The summed E-state index contributed by atoms with van der Waals surface area (Å²) in [4.78, 5) is 26.4. The van der Waals surface area contributed by atoms with E-state index >= 15 is 0 Å². The third-order valence-electron chi connectivity index (χ3n) is 2.53. The number of hydrogen-bond acceptors (Lipinski definition) is 5. The summed E-state index contributed by atoms with van der Waals surface area (Å²) in [7, 11) is 3.57. The molecule has 0 spiro atoms. The molecule has 0 saturated heterocycles. The van der Waals surface area contributed by atoms with Crippen molar-refractivity contribution in [1.29, 1.82) is 0 Å². The first-order valence-electron chi connectivity index (χ1n) is 6.29. The number of esters is 1. The SMILES string of the molecule is CCOC(=O)CCN(C)CC(=O)N(C)CCCN. The number of carbonyl (C=O) groups is 2. The van der Waals surface area contributed by atoms with Crippen LogP contribution in [0.15, 0.2) is 0 Å². The molecule has 0 bridgehead atoms. The summed E-state index contributed by atoms with van der Waals surface area (Å²) in [5.41, 5.74) is 5.39. The summed E-state index contributed by atoms with van der Waals surface area (Å²) in [6.45, 7) is 4.24. The minimum Gasteiger partial charge on any atom is -0.466 e. The van der Waals surface area contributed by atoms with E-state index in [2.05, 4.69) is 0 Å². The molecule has 0 heterocycles. The third kappa shape index (κ3) is 8.03. The smallest absolute Gasteiger partial charge is 0.307 e. The Bertz CT molecular complexity index is 259. The van der Waals surface area contributed by atoms with Crippen LogP contribution in [0.5, 0.6) is 0 Å². The molecule has 0 aromatic heterocycles. The Kier molecular flexibility index (Phi) is 9.22.